The number of nitrogens with zero attached hydrogens (tertiary/aromatic N) is 3. The number of hydrogen-bond acceptors (Lipinski definition) is 6. The van der Waals surface area contributed by atoms with E-state index in [1.807, 2.05) is 0 Å². The van der Waals surface area contributed by atoms with Crippen LogP contribution in [0.15, 0.2) is 59.6 Å². The zero-order valence-corrected chi connectivity index (χ0v) is 16.4. The Kier molecular flexibility index (Phi) is 5.55. The highest BCUT2D eigenvalue weighted by Crippen LogP contribution is 2.34. The average molecular weight is 454 g/mol. The fourth-order valence-corrected chi connectivity index (χ4v) is 3.37. The van der Waals surface area contributed by atoms with Gasteiger partial charge in [0.1, 0.15) is 0 Å². The first kappa shape index (κ1) is 22.0. The van der Waals surface area contributed by atoms with Gasteiger partial charge in [-0.15, -0.1) is 0 Å². The Morgan fingerprint density at radius 3 is 2.35 bits per heavy atom. The van der Waals surface area contributed by atoms with E-state index >= 15 is 0 Å². The number of rotatable bonds is 5. The molecule has 1 aromatic heterocycles. The van der Waals surface area contributed by atoms with Gasteiger partial charge in [-0.25, -0.2) is 13.1 Å². The molecule has 1 N–H and O–H groups in total. The third-order valence-corrected chi connectivity index (χ3v) is 5.22. The van der Waals surface area contributed by atoms with Crippen molar-refractivity contribution in [2.45, 2.75) is 11.1 Å². The van der Waals surface area contributed by atoms with E-state index in [1.54, 1.807) is 0 Å². The predicted molar refractivity (Wildman–Crippen MR) is 103 cm³/mol. The molecule has 0 aliphatic rings. The number of alkyl halides is 3. The lowest BCUT2D eigenvalue weighted by molar-refractivity contribution is -0.384. The maximum Gasteiger partial charge on any atom is 0.434 e. The molecule has 0 aliphatic heterocycles. The lowest BCUT2D eigenvalue weighted by atomic mass is 10.2. The van der Waals surface area contributed by atoms with Crippen LogP contribution in [0.2, 0.25) is 0 Å². The number of nitro benzene ring substituents is 1. The Morgan fingerprint density at radius 1 is 1.16 bits per heavy atom. The van der Waals surface area contributed by atoms with Gasteiger partial charge in [-0.1, -0.05) is 6.07 Å². The number of anilines is 1. The lowest BCUT2D eigenvalue weighted by Gasteiger charge is -2.13. The molecule has 1 heterocycles. The molecule has 13 heteroatoms. The highest BCUT2D eigenvalue weighted by Gasteiger charge is 2.40. The van der Waals surface area contributed by atoms with E-state index in [2.05, 4.69) is 10.4 Å². The number of carbonyl (C=O) groups is 1. The minimum Gasteiger partial charge on any atom is -0.322 e. The second-order valence-corrected chi connectivity index (χ2v) is 8.36. The first-order chi connectivity index (χ1) is 14.4. The summed E-state index contributed by atoms with van der Waals surface area (Å²) < 4.78 is 64.9. The summed E-state index contributed by atoms with van der Waals surface area (Å²) in [7, 11) is -3.59. The summed E-state index contributed by atoms with van der Waals surface area (Å²) in [6.07, 6.45) is -3.33. The van der Waals surface area contributed by atoms with Crippen LogP contribution in [-0.2, 0) is 16.0 Å². The highest BCUT2D eigenvalue weighted by atomic mass is 32.2. The van der Waals surface area contributed by atoms with E-state index < -0.39 is 38.1 Å². The number of amides is 1. The summed E-state index contributed by atoms with van der Waals surface area (Å²) in [5.74, 6) is -1.16. The van der Waals surface area contributed by atoms with Gasteiger partial charge in [0.2, 0.25) is 0 Å². The third kappa shape index (κ3) is 4.71. The van der Waals surface area contributed by atoms with Crippen molar-refractivity contribution >= 4 is 27.1 Å². The van der Waals surface area contributed by atoms with Crippen LogP contribution >= 0.6 is 0 Å². The Hall–Kier alpha value is -3.74. The number of carbonyl (C=O) groups excluding carboxylic acids is 1. The summed E-state index contributed by atoms with van der Waals surface area (Å²) in [5.41, 5.74) is -2.69. The topological polar surface area (TPSA) is 124 Å². The summed E-state index contributed by atoms with van der Waals surface area (Å²) in [6, 6.07) is 9.19. The fourth-order valence-electron chi connectivity index (χ4n) is 2.70. The molecule has 0 atom stereocenters. The molecule has 9 nitrogen and oxygen atoms in total. The molecule has 0 bridgehead atoms. The molecule has 0 aliphatic carbocycles. The van der Waals surface area contributed by atoms with Crippen molar-refractivity contribution in [2.75, 3.05) is 11.6 Å². The van der Waals surface area contributed by atoms with Crippen molar-refractivity contribution in [3.8, 4) is 5.69 Å². The van der Waals surface area contributed by atoms with E-state index in [0.29, 0.717) is 10.9 Å². The van der Waals surface area contributed by atoms with Gasteiger partial charge in [-0.05, 0) is 30.3 Å². The molecular formula is C18H13F3N4O5S. The Labute approximate surface area is 173 Å². The largest absolute Gasteiger partial charge is 0.434 e. The normalized spacial score (nSPS) is 11.9. The molecule has 0 unspecified atom stereocenters. The van der Waals surface area contributed by atoms with Crippen LogP contribution in [0.1, 0.15) is 16.1 Å². The molecular weight excluding hydrogens is 441 g/mol. The summed E-state index contributed by atoms with van der Waals surface area (Å²) in [4.78, 5) is 22.4. The number of sulfone groups is 1. The van der Waals surface area contributed by atoms with Crippen molar-refractivity contribution < 1.29 is 31.3 Å². The molecule has 1 amide bonds. The standard InChI is InChI=1S/C18H13F3N4O5S/c1-31(29,30)14-4-2-3-11(9-14)23-17(26)15-10-22-24(16(15)18(19,20)21)12-5-7-13(8-6-12)25(27)28/h2-10H,1H3,(H,23,26). The van der Waals surface area contributed by atoms with Crippen molar-refractivity contribution in [1.82, 2.24) is 9.78 Å². The van der Waals surface area contributed by atoms with Crippen LogP contribution in [0.4, 0.5) is 24.5 Å². The van der Waals surface area contributed by atoms with Gasteiger partial charge in [0, 0.05) is 24.1 Å². The number of hydrogen-bond donors (Lipinski definition) is 1. The third-order valence-electron chi connectivity index (χ3n) is 4.11. The molecule has 0 saturated heterocycles. The van der Waals surface area contributed by atoms with Crippen molar-refractivity contribution in [2.24, 2.45) is 0 Å². The second kappa shape index (κ2) is 7.83. The first-order valence-electron chi connectivity index (χ1n) is 8.39. The average Bonchev–Trinajstić information content (AvgIpc) is 3.13. The quantitative estimate of drug-likeness (QED) is 0.465. The molecule has 0 saturated carbocycles. The van der Waals surface area contributed by atoms with Crippen LogP contribution < -0.4 is 5.32 Å². The summed E-state index contributed by atoms with van der Waals surface area (Å²) in [6.45, 7) is 0. The van der Waals surface area contributed by atoms with Crippen LogP contribution in [0.5, 0.6) is 0 Å². The Morgan fingerprint density at radius 2 is 1.81 bits per heavy atom. The summed E-state index contributed by atoms with van der Waals surface area (Å²) in [5, 5.41) is 16.6. The van der Waals surface area contributed by atoms with Gasteiger partial charge in [0.25, 0.3) is 11.6 Å². The van der Waals surface area contributed by atoms with Gasteiger partial charge in [0.05, 0.1) is 27.3 Å². The maximum atomic E-state index is 13.7. The Bertz CT molecular complexity index is 1270. The number of halogens is 3. The number of non-ortho nitro benzene ring substituents is 1. The van der Waals surface area contributed by atoms with Gasteiger partial charge < -0.3 is 5.32 Å². The number of nitro groups is 1. The minimum atomic E-state index is -4.99. The molecule has 3 rings (SSSR count). The van der Waals surface area contributed by atoms with E-state index in [9.17, 15) is 36.5 Å². The zero-order chi connectivity index (χ0) is 23.0. The Balaban J connectivity index is 2.00. The molecule has 0 fully saturated rings. The molecule has 3 aromatic rings. The van der Waals surface area contributed by atoms with Gasteiger partial charge >= 0.3 is 6.18 Å². The first-order valence-corrected chi connectivity index (χ1v) is 10.3. The fraction of sp³-hybridized carbons (Fsp3) is 0.111. The molecule has 162 valence electrons. The maximum absolute atomic E-state index is 13.7. The van der Waals surface area contributed by atoms with Crippen LogP contribution in [-0.4, -0.2) is 35.3 Å². The van der Waals surface area contributed by atoms with E-state index in [1.165, 1.54) is 18.2 Å². The smallest absolute Gasteiger partial charge is 0.322 e. The predicted octanol–water partition coefficient (Wildman–Crippen LogP) is 3.46. The van der Waals surface area contributed by atoms with E-state index in [0.717, 1.165) is 36.6 Å². The molecule has 31 heavy (non-hydrogen) atoms. The van der Waals surface area contributed by atoms with Crippen LogP contribution in [0, 0.1) is 10.1 Å². The van der Waals surface area contributed by atoms with Crippen molar-refractivity contribution in [3.63, 3.8) is 0 Å². The van der Waals surface area contributed by atoms with Gasteiger partial charge in [0.15, 0.2) is 15.5 Å². The number of aromatic nitrogens is 2. The van der Waals surface area contributed by atoms with Crippen molar-refractivity contribution in [1.29, 1.82) is 0 Å². The number of nitrogens with one attached hydrogen (secondary N) is 1. The van der Waals surface area contributed by atoms with Gasteiger partial charge in [-0.2, -0.15) is 18.3 Å². The minimum absolute atomic E-state index is 0.0239. The highest BCUT2D eigenvalue weighted by molar-refractivity contribution is 7.90. The van der Waals surface area contributed by atoms with Crippen LogP contribution in [0.3, 0.4) is 0 Å². The molecule has 2 aromatic carbocycles. The second-order valence-electron chi connectivity index (χ2n) is 6.34. The van der Waals surface area contributed by atoms with E-state index in [-0.39, 0.29) is 22.0 Å². The van der Waals surface area contributed by atoms with Crippen LogP contribution in [0.25, 0.3) is 5.69 Å². The molecule has 0 radical (unpaired) electrons. The number of benzene rings is 2. The summed E-state index contributed by atoms with van der Waals surface area (Å²) >= 11 is 0. The monoisotopic (exact) mass is 454 g/mol. The van der Waals surface area contributed by atoms with Gasteiger partial charge in [-0.3, -0.25) is 14.9 Å². The zero-order valence-electron chi connectivity index (χ0n) is 15.6. The molecule has 0 spiro atoms. The van der Waals surface area contributed by atoms with Crippen molar-refractivity contribution in [3.05, 3.63) is 76.1 Å². The van der Waals surface area contributed by atoms with E-state index in [4.69, 9.17) is 0 Å². The SMILES string of the molecule is CS(=O)(=O)c1cccc(NC(=O)c2cnn(-c3ccc([N+](=O)[O-])cc3)c2C(F)(F)F)c1. The lowest BCUT2D eigenvalue weighted by Crippen LogP contribution is -2.20.